The number of aromatic nitrogens is 2. The van der Waals surface area contributed by atoms with Crippen LogP contribution in [-0.2, 0) is 0 Å². The number of H-pyrrole nitrogens is 1. The molecule has 0 saturated carbocycles. The Balaban J connectivity index is 1.81. The summed E-state index contributed by atoms with van der Waals surface area (Å²) in [4.78, 5) is 7.78. The van der Waals surface area contributed by atoms with Gasteiger partial charge in [-0.05, 0) is 29.2 Å². The summed E-state index contributed by atoms with van der Waals surface area (Å²) in [6.07, 6.45) is 8.09. The molecule has 0 fully saturated rings. The highest BCUT2D eigenvalue weighted by atomic mass is 14.7. The van der Waals surface area contributed by atoms with E-state index in [2.05, 4.69) is 58.5 Å². The van der Waals surface area contributed by atoms with Gasteiger partial charge in [0.2, 0.25) is 0 Å². The summed E-state index contributed by atoms with van der Waals surface area (Å²) in [6, 6.07) is 18.7. The van der Waals surface area contributed by atoms with E-state index in [9.17, 15) is 0 Å². The van der Waals surface area contributed by atoms with Crippen LogP contribution in [0.4, 0.5) is 0 Å². The number of rotatable bonds is 2. The smallest absolute Gasteiger partial charge is 0.0708 e. The zero-order chi connectivity index (χ0) is 14.1. The summed E-state index contributed by atoms with van der Waals surface area (Å²) < 4.78 is 0. The van der Waals surface area contributed by atoms with Crippen molar-refractivity contribution in [2.24, 2.45) is 0 Å². The fourth-order valence-electron chi connectivity index (χ4n) is 2.68. The van der Waals surface area contributed by atoms with Crippen LogP contribution < -0.4 is 0 Å². The van der Waals surface area contributed by atoms with Crippen LogP contribution >= 0.6 is 0 Å². The first-order valence-electron chi connectivity index (χ1n) is 7.00. The van der Waals surface area contributed by atoms with Crippen molar-refractivity contribution >= 4 is 33.8 Å². The number of benzene rings is 2. The summed E-state index contributed by atoms with van der Waals surface area (Å²) in [5, 5.41) is 3.62. The van der Waals surface area contributed by atoms with Gasteiger partial charge in [-0.2, -0.15) is 0 Å². The molecule has 0 amide bonds. The van der Waals surface area contributed by atoms with Crippen molar-refractivity contribution < 1.29 is 0 Å². The van der Waals surface area contributed by atoms with Crippen LogP contribution in [0.25, 0.3) is 33.8 Å². The van der Waals surface area contributed by atoms with Crippen molar-refractivity contribution in [1.82, 2.24) is 9.97 Å². The van der Waals surface area contributed by atoms with Gasteiger partial charge in [0.25, 0.3) is 0 Å². The molecule has 0 atom stereocenters. The summed E-state index contributed by atoms with van der Waals surface area (Å²) in [5.74, 6) is 0. The molecule has 2 heterocycles. The molecule has 0 bridgehead atoms. The Labute approximate surface area is 122 Å². The molecule has 2 heteroatoms. The fourth-order valence-corrected chi connectivity index (χ4v) is 2.68. The maximum atomic E-state index is 4.49. The van der Waals surface area contributed by atoms with Crippen LogP contribution in [0.1, 0.15) is 11.3 Å². The lowest BCUT2D eigenvalue weighted by atomic mass is 10.1. The van der Waals surface area contributed by atoms with Crippen LogP contribution in [-0.4, -0.2) is 9.97 Å². The zero-order valence-corrected chi connectivity index (χ0v) is 11.5. The minimum absolute atomic E-state index is 0.999. The quantitative estimate of drug-likeness (QED) is 0.552. The standard InChI is InChI=1S/C19H14N2/c1-2-6-16-14(5-1)11-12-20-19(16)10-9-15-13-21-18-8-4-3-7-17(15)18/h1-13,21H/b10-9-. The molecule has 2 nitrogen and oxygen atoms in total. The number of pyridine rings is 1. The van der Waals surface area contributed by atoms with E-state index in [-0.39, 0.29) is 0 Å². The highest BCUT2D eigenvalue weighted by Gasteiger charge is 2.01. The zero-order valence-electron chi connectivity index (χ0n) is 11.5. The SMILES string of the molecule is C(=C/c1c[nH]c2ccccc12)/c1nccc2ccccc12. The number of para-hydroxylation sites is 1. The molecular formula is C19H14N2. The largest absolute Gasteiger partial charge is 0.361 e. The lowest BCUT2D eigenvalue weighted by molar-refractivity contribution is 1.33. The normalized spacial score (nSPS) is 11.6. The van der Waals surface area contributed by atoms with Crippen molar-refractivity contribution in [3.05, 3.63) is 78.2 Å². The monoisotopic (exact) mass is 270 g/mol. The first-order valence-corrected chi connectivity index (χ1v) is 7.00. The van der Waals surface area contributed by atoms with Gasteiger partial charge in [-0.3, -0.25) is 4.98 Å². The van der Waals surface area contributed by atoms with Gasteiger partial charge in [0, 0.05) is 28.7 Å². The second kappa shape index (κ2) is 4.91. The van der Waals surface area contributed by atoms with E-state index < -0.39 is 0 Å². The average Bonchev–Trinajstić information content (AvgIpc) is 2.96. The van der Waals surface area contributed by atoms with Crippen LogP contribution in [0.15, 0.2) is 67.0 Å². The Bertz CT molecular complexity index is 943. The molecule has 4 aromatic rings. The molecule has 0 aliphatic carbocycles. The van der Waals surface area contributed by atoms with E-state index in [0.717, 1.165) is 11.2 Å². The van der Waals surface area contributed by atoms with Gasteiger partial charge in [0.05, 0.1) is 5.69 Å². The van der Waals surface area contributed by atoms with Gasteiger partial charge in [0.1, 0.15) is 0 Å². The average molecular weight is 270 g/mol. The third-order valence-corrected chi connectivity index (χ3v) is 3.75. The van der Waals surface area contributed by atoms with Crippen LogP contribution in [0.5, 0.6) is 0 Å². The number of hydrogen-bond donors (Lipinski definition) is 1. The summed E-state index contributed by atoms with van der Waals surface area (Å²) >= 11 is 0. The molecule has 0 unspecified atom stereocenters. The molecule has 21 heavy (non-hydrogen) atoms. The van der Waals surface area contributed by atoms with E-state index in [1.807, 2.05) is 30.6 Å². The van der Waals surface area contributed by atoms with Gasteiger partial charge in [-0.25, -0.2) is 0 Å². The number of aromatic amines is 1. The summed E-state index contributed by atoms with van der Waals surface area (Å²) in [5.41, 5.74) is 3.33. The van der Waals surface area contributed by atoms with E-state index >= 15 is 0 Å². The highest BCUT2D eigenvalue weighted by Crippen LogP contribution is 2.22. The van der Waals surface area contributed by atoms with Crippen LogP contribution in [0.2, 0.25) is 0 Å². The van der Waals surface area contributed by atoms with Crippen molar-refractivity contribution in [3.63, 3.8) is 0 Å². The maximum Gasteiger partial charge on any atom is 0.0708 e. The molecule has 0 radical (unpaired) electrons. The third-order valence-electron chi connectivity index (χ3n) is 3.75. The van der Waals surface area contributed by atoms with Gasteiger partial charge in [-0.1, -0.05) is 48.5 Å². The van der Waals surface area contributed by atoms with Crippen LogP contribution in [0, 0.1) is 0 Å². The van der Waals surface area contributed by atoms with Gasteiger partial charge < -0.3 is 4.98 Å². The molecule has 0 aliphatic rings. The van der Waals surface area contributed by atoms with Crippen LogP contribution in [0.3, 0.4) is 0 Å². The lowest BCUT2D eigenvalue weighted by Gasteiger charge is -2.00. The van der Waals surface area contributed by atoms with Crippen molar-refractivity contribution in [2.45, 2.75) is 0 Å². The Kier molecular flexibility index (Phi) is 2.79. The van der Waals surface area contributed by atoms with Crippen molar-refractivity contribution in [1.29, 1.82) is 0 Å². The molecule has 0 spiro atoms. The van der Waals surface area contributed by atoms with Crippen molar-refractivity contribution in [2.75, 3.05) is 0 Å². The number of nitrogens with zero attached hydrogens (tertiary/aromatic N) is 1. The Morgan fingerprint density at radius 2 is 1.62 bits per heavy atom. The highest BCUT2D eigenvalue weighted by molar-refractivity contribution is 5.95. The second-order valence-corrected chi connectivity index (χ2v) is 5.04. The van der Waals surface area contributed by atoms with E-state index in [1.54, 1.807) is 0 Å². The molecule has 0 saturated heterocycles. The predicted molar refractivity (Wildman–Crippen MR) is 89.0 cm³/mol. The van der Waals surface area contributed by atoms with E-state index in [0.29, 0.717) is 0 Å². The van der Waals surface area contributed by atoms with Gasteiger partial charge in [0.15, 0.2) is 0 Å². The number of hydrogen-bond acceptors (Lipinski definition) is 1. The fraction of sp³-hybridized carbons (Fsp3) is 0. The van der Waals surface area contributed by atoms with E-state index in [1.165, 1.54) is 21.7 Å². The maximum absolute atomic E-state index is 4.49. The molecule has 1 N–H and O–H groups in total. The minimum Gasteiger partial charge on any atom is -0.361 e. The molecular weight excluding hydrogens is 256 g/mol. The topological polar surface area (TPSA) is 28.7 Å². The first kappa shape index (κ1) is 11.9. The number of nitrogens with one attached hydrogen (secondary N) is 1. The van der Waals surface area contributed by atoms with Crippen molar-refractivity contribution in [3.8, 4) is 0 Å². The second-order valence-electron chi connectivity index (χ2n) is 5.04. The Morgan fingerprint density at radius 3 is 2.57 bits per heavy atom. The Hall–Kier alpha value is -2.87. The van der Waals surface area contributed by atoms with E-state index in [4.69, 9.17) is 0 Å². The molecule has 2 aromatic carbocycles. The van der Waals surface area contributed by atoms with Gasteiger partial charge >= 0.3 is 0 Å². The van der Waals surface area contributed by atoms with Gasteiger partial charge in [-0.15, -0.1) is 0 Å². The molecule has 0 aliphatic heterocycles. The Morgan fingerprint density at radius 1 is 0.810 bits per heavy atom. The molecule has 2 aromatic heterocycles. The molecule has 4 rings (SSSR count). The minimum atomic E-state index is 0.999. The third kappa shape index (κ3) is 2.11. The molecule has 100 valence electrons. The summed E-state index contributed by atoms with van der Waals surface area (Å²) in [7, 11) is 0. The summed E-state index contributed by atoms with van der Waals surface area (Å²) in [6.45, 7) is 0. The number of fused-ring (bicyclic) bond motifs is 2. The lowest BCUT2D eigenvalue weighted by Crippen LogP contribution is -1.82. The first-order chi connectivity index (χ1) is 10.4. The predicted octanol–water partition coefficient (Wildman–Crippen LogP) is 4.89.